The SMILES string of the molecule is CCCC[Si]1(C2[CH]([Zr+2][C]3=CC=CC3)CC3C=CC=CC32)CCC1.[Cl-].[Cl-]. The summed E-state index contributed by atoms with van der Waals surface area (Å²) in [4.78, 5) is 0. The molecule has 0 aromatic rings. The van der Waals surface area contributed by atoms with E-state index in [1.54, 1.807) is 31.0 Å². The number of unbranched alkanes of at least 4 members (excludes halogenated alkanes) is 1. The second-order valence-corrected chi connectivity index (χ2v) is 17.2. The van der Waals surface area contributed by atoms with Crippen LogP contribution in [0.3, 0.4) is 0 Å². The van der Waals surface area contributed by atoms with E-state index in [0.717, 1.165) is 21.0 Å². The first-order valence-electron chi connectivity index (χ1n) is 9.80. The monoisotopic (exact) mass is 470 g/mol. The van der Waals surface area contributed by atoms with E-state index in [9.17, 15) is 0 Å². The van der Waals surface area contributed by atoms with E-state index in [2.05, 4.69) is 49.5 Å². The molecule has 2 fully saturated rings. The molecule has 0 aromatic carbocycles. The summed E-state index contributed by atoms with van der Waals surface area (Å²) in [5.41, 5.74) is 1.15. The zero-order valence-corrected chi connectivity index (χ0v) is 20.2. The zero-order valence-electron chi connectivity index (χ0n) is 15.3. The molecule has 0 nitrogen and oxygen atoms in total. The van der Waals surface area contributed by atoms with Crippen LogP contribution in [-0.4, -0.2) is 8.07 Å². The van der Waals surface area contributed by atoms with Crippen molar-refractivity contribution in [2.75, 3.05) is 0 Å². The molecular formula is C21H30Cl2SiZr. The van der Waals surface area contributed by atoms with Crippen molar-refractivity contribution in [3.05, 3.63) is 45.8 Å². The number of halogens is 2. The molecule has 1 saturated carbocycles. The maximum Gasteiger partial charge on any atom is -1.00 e. The largest absolute Gasteiger partial charge is 1.00 e. The smallest absolute Gasteiger partial charge is 1.00 e. The second kappa shape index (κ2) is 9.72. The standard InChI is InChI=1S/C16H25Si.C5H5.2ClH.Zr/c1-2-3-11-17(12-6-13-17)16-10-9-14-7-4-5-8-15(14)16;1-2-4-5-3-1;;;/h4-5,7-8,10,14-16H,2-3,6,9,11-13H2,1H3;1-3H,4H2;2*1H;/q;;;;+2/p-2. The minimum Gasteiger partial charge on any atom is -1.00 e. The Bertz CT molecular complexity index is 562. The first-order chi connectivity index (χ1) is 11.3. The molecule has 0 amide bonds. The van der Waals surface area contributed by atoms with Crippen LogP contribution in [0.15, 0.2) is 45.8 Å². The van der Waals surface area contributed by atoms with Gasteiger partial charge in [-0.3, -0.25) is 0 Å². The van der Waals surface area contributed by atoms with Gasteiger partial charge >= 0.3 is 155 Å². The van der Waals surface area contributed by atoms with Crippen LogP contribution in [0.1, 0.15) is 39.0 Å². The van der Waals surface area contributed by atoms with Crippen LogP contribution in [0.5, 0.6) is 0 Å². The minimum atomic E-state index is -0.964. The van der Waals surface area contributed by atoms with Gasteiger partial charge in [0.05, 0.1) is 0 Å². The average molecular weight is 473 g/mol. The van der Waals surface area contributed by atoms with Gasteiger partial charge in [-0.15, -0.1) is 0 Å². The number of rotatable bonds is 6. The summed E-state index contributed by atoms with van der Waals surface area (Å²) in [5.74, 6) is 1.84. The third kappa shape index (κ3) is 4.39. The molecule has 4 heteroatoms. The van der Waals surface area contributed by atoms with Gasteiger partial charge in [0.15, 0.2) is 0 Å². The maximum atomic E-state index is 2.63. The second-order valence-electron chi connectivity index (χ2n) is 8.17. The average Bonchev–Trinajstić information content (AvgIpc) is 3.15. The van der Waals surface area contributed by atoms with E-state index in [-0.39, 0.29) is 48.0 Å². The number of allylic oxidation sites excluding steroid dienone is 8. The molecule has 0 radical (unpaired) electrons. The predicted molar refractivity (Wildman–Crippen MR) is 98.9 cm³/mol. The summed E-state index contributed by atoms with van der Waals surface area (Å²) in [6, 6.07) is 5.00. The van der Waals surface area contributed by atoms with E-state index in [0.29, 0.717) is 0 Å². The van der Waals surface area contributed by atoms with Gasteiger partial charge in [0.1, 0.15) is 0 Å². The van der Waals surface area contributed by atoms with Crippen LogP contribution >= 0.6 is 0 Å². The Labute approximate surface area is 179 Å². The zero-order chi connectivity index (χ0) is 15.7. The van der Waals surface area contributed by atoms with Crippen molar-refractivity contribution in [2.45, 2.75) is 66.3 Å². The molecule has 0 N–H and O–H groups in total. The third-order valence-corrected chi connectivity index (χ3v) is 18.2. The summed E-state index contributed by atoms with van der Waals surface area (Å²) in [6.45, 7) is 2.39. The Morgan fingerprint density at radius 1 is 1.12 bits per heavy atom. The van der Waals surface area contributed by atoms with E-state index < -0.39 is 8.07 Å². The van der Waals surface area contributed by atoms with Gasteiger partial charge < -0.3 is 24.8 Å². The van der Waals surface area contributed by atoms with Crippen LogP contribution in [0.4, 0.5) is 0 Å². The molecule has 1 heterocycles. The van der Waals surface area contributed by atoms with Crippen molar-refractivity contribution in [1.82, 2.24) is 0 Å². The summed E-state index contributed by atoms with van der Waals surface area (Å²) >= 11 is -0.375. The number of hydrogen-bond donors (Lipinski definition) is 0. The molecule has 0 bridgehead atoms. The Kier molecular flexibility index (Phi) is 8.53. The molecule has 136 valence electrons. The Morgan fingerprint density at radius 3 is 2.56 bits per heavy atom. The van der Waals surface area contributed by atoms with Crippen molar-refractivity contribution in [2.24, 2.45) is 11.8 Å². The van der Waals surface area contributed by atoms with Crippen LogP contribution in [-0.2, 0) is 23.2 Å². The molecular weight excluding hydrogens is 442 g/mol. The first kappa shape index (κ1) is 21.9. The van der Waals surface area contributed by atoms with Gasteiger partial charge in [-0.1, -0.05) is 0 Å². The van der Waals surface area contributed by atoms with Crippen LogP contribution < -0.4 is 24.8 Å². The van der Waals surface area contributed by atoms with Crippen LogP contribution in [0.2, 0.25) is 27.3 Å². The van der Waals surface area contributed by atoms with Gasteiger partial charge in [0.25, 0.3) is 0 Å². The molecule has 25 heavy (non-hydrogen) atoms. The normalized spacial score (nSPS) is 33.6. The molecule has 4 aliphatic rings. The summed E-state index contributed by atoms with van der Waals surface area (Å²) < 4.78 is 3.03. The topological polar surface area (TPSA) is 0 Å². The Morgan fingerprint density at radius 2 is 1.92 bits per heavy atom. The van der Waals surface area contributed by atoms with Crippen molar-refractivity contribution in [3.8, 4) is 0 Å². The van der Waals surface area contributed by atoms with Gasteiger partial charge in [0.2, 0.25) is 0 Å². The van der Waals surface area contributed by atoms with Gasteiger partial charge in [-0.05, 0) is 0 Å². The van der Waals surface area contributed by atoms with Gasteiger partial charge in [-0.2, -0.15) is 0 Å². The molecule has 0 aromatic heterocycles. The van der Waals surface area contributed by atoms with Crippen molar-refractivity contribution >= 4 is 8.07 Å². The summed E-state index contributed by atoms with van der Waals surface area (Å²) in [7, 11) is -0.964. The Balaban J connectivity index is 0.00000113. The molecule has 1 aliphatic heterocycles. The third-order valence-electron chi connectivity index (χ3n) is 6.90. The number of fused-ring (bicyclic) bond motifs is 1. The molecule has 0 spiro atoms. The van der Waals surface area contributed by atoms with E-state index >= 15 is 0 Å². The molecule has 4 atom stereocenters. The Hall–Kier alpha value is 0.640. The predicted octanol–water partition coefficient (Wildman–Crippen LogP) is 0.494. The maximum absolute atomic E-state index is 2.63. The van der Waals surface area contributed by atoms with Crippen LogP contribution in [0.25, 0.3) is 0 Å². The fraction of sp³-hybridized carbons (Fsp3) is 0.619. The molecule has 3 aliphatic carbocycles. The van der Waals surface area contributed by atoms with Crippen molar-refractivity contribution in [1.29, 1.82) is 0 Å². The molecule has 1 saturated heterocycles. The number of hydrogen-bond acceptors (Lipinski definition) is 0. The molecule has 4 rings (SSSR count). The van der Waals surface area contributed by atoms with Crippen molar-refractivity contribution < 1.29 is 48.0 Å². The quantitative estimate of drug-likeness (QED) is 0.494. The molecule has 4 unspecified atom stereocenters. The van der Waals surface area contributed by atoms with Crippen LogP contribution in [0, 0.1) is 11.8 Å². The van der Waals surface area contributed by atoms with E-state index in [1.807, 2.05) is 3.28 Å². The summed E-state index contributed by atoms with van der Waals surface area (Å²) in [6.07, 6.45) is 24.4. The van der Waals surface area contributed by atoms with Gasteiger partial charge in [-0.25, -0.2) is 0 Å². The van der Waals surface area contributed by atoms with E-state index in [4.69, 9.17) is 0 Å². The van der Waals surface area contributed by atoms with Crippen molar-refractivity contribution in [3.63, 3.8) is 0 Å². The fourth-order valence-corrected chi connectivity index (χ4v) is 18.9. The first-order valence-corrected chi connectivity index (χ1v) is 15.1. The fourth-order valence-electron chi connectivity index (χ4n) is 5.69. The van der Waals surface area contributed by atoms with Gasteiger partial charge in [0, 0.05) is 0 Å². The minimum absolute atomic E-state index is 0. The van der Waals surface area contributed by atoms with E-state index in [1.165, 1.54) is 19.3 Å². The summed E-state index contributed by atoms with van der Waals surface area (Å²) in [5, 5.41) is 0.